The first-order valence-corrected chi connectivity index (χ1v) is 8.08. The van der Waals surface area contributed by atoms with Crippen LogP contribution < -0.4 is 15.4 Å². The van der Waals surface area contributed by atoms with Gasteiger partial charge in [0.05, 0.1) is 6.26 Å². The lowest BCUT2D eigenvalue weighted by Crippen LogP contribution is -2.22. The van der Waals surface area contributed by atoms with E-state index < -0.39 is 30.4 Å². The van der Waals surface area contributed by atoms with Crippen molar-refractivity contribution in [3.63, 3.8) is 0 Å². The van der Waals surface area contributed by atoms with Crippen molar-refractivity contribution in [3.05, 3.63) is 54.2 Å². The summed E-state index contributed by atoms with van der Waals surface area (Å²) in [7, 11) is 1.21. The van der Waals surface area contributed by atoms with E-state index in [-0.39, 0.29) is 17.5 Å². The normalized spacial score (nSPS) is 11.2. The van der Waals surface area contributed by atoms with E-state index in [0.717, 1.165) is 4.68 Å². The molecule has 0 saturated heterocycles. The molecule has 29 heavy (non-hydrogen) atoms. The largest absolute Gasteiger partial charge is 0.484 e. The van der Waals surface area contributed by atoms with E-state index in [4.69, 9.17) is 9.15 Å². The molecule has 3 rings (SSSR count). The molecule has 1 aromatic carbocycles. The van der Waals surface area contributed by atoms with Crippen LogP contribution in [0.5, 0.6) is 5.75 Å². The van der Waals surface area contributed by atoms with Crippen LogP contribution in [0, 0.1) is 0 Å². The second kappa shape index (κ2) is 8.04. The predicted octanol–water partition coefficient (Wildman–Crippen LogP) is 2.70. The van der Waals surface area contributed by atoms with E-state index in [9.17, 15) is 22.8 Å². The lowest BCUT2D eigenvalue weighted by atomic mass is 10.3. The summed E-state index contributed by atoms with van der Waals surface area (Å²) < 4.78 is 48.9. The molecule has 0 unspecified atom stereocenters. The lowest BCUT2D eigenvalue weighted by molar-refractivity contribution is -0.145. The number of carbonyl (C=O) groups is 2. The van der Waals surface area contributed by atoms with E-state index in [1.165, 1.54) is 25.4 Å². The van der Waals surface area contributed by atoms with Crippen LogP contribution >= 0.6 is 0 Å². The molecule has 2 amide bonds. The quantitative estimate of drug-likeness (QED) is 0.648. The third kappa shape index (κ3) is 5.12. The van der Waals surface area contributed by atoms with Gasteiger partial charge in [-0.2, -0.15) is 18.2 Å². The molecular weight excluding hydrogens is 395 g/mol. The molecular formula is C17H14F3N5O4. The average molecular weight is 409 g/mol. The van der Waals surface area contributed by atoms with Crippen molar-refractivity contribution in [2.45, 2.75) is 6.18 Å². The van der Waals surface area contributed by atoms with Gasteiger partial charge in [-0.25, -0.2) is 4.68 Å². The molecule has 2 N–H and O–H groups in total. The fourth-order valence-corrected chi connectivity index (χ4v) is 2.19. The number of furan rings is 1. The van der Waals surface area contributed by atoms with Gasteiger partial charge >= 0.3 is 6.18 Å². The molecule has 3 aromatic rings. The fourth-order valence-electron chi connectivity index (χ4n) is 2.19. The van der Waals surface area contributed by atoms with Gasteiger partial charge in [0.2, 0.25) is 5.95 Å². The Morgan fingerprint density at radius 1 is 1.21 bits per heavy atom. The van der Waals surface area contributed by atoms with Gasteiger partial charge in [0.25, 0.3) is 17.6 Å². The number of hydrogen-bond donors (Lipinski definition) is 2. The minimum atomic E-state index is -4.72. The highest BCUT2D eigenvalue weighted by Crippen LogP contribution is 2.27. The molecule has 0 aliphatic heterocycles. The van der Waals surface area contributed by atoms with E-state index in [0.29, 0.717) is 5.69 Å². The zero-order valence-corrected chi connectivity index (χ0v) is 14.9. The van der Waals surface area contributed by atoms with Gasteiger partial charge in [-0.1, -0.05) is 6.07 Å². The maximum atomic E-state index is 12.6. The van der Waals surface area contributed by atoms with Crippen LogP contribution in [0.15, 0.2) is 47.1 Å². The molecule has 0 spiro atoms. The van der Waals surface area contributed by atoms with Crippen LogP contribution in [0.25, 0.3) is 0 Å². The molecule has 0 aliphatic carbocycles. The molecule has 0 aliphatic rings. The van der Waals surface area contributed by atoms with Crippen LogP contribution in [0.3, 0.4) is 0 Å². The number of hydrogen-bond acceptors (Lipinski definition) is 6. The molecule has 0 bridgehead atoms. The van der Waals surface area contributed by atoms with Gasteiger partial charge in [-0.05, 0) is 24.3 Å². The number of nitrogens with zero attached hydrogens (tertiary/aromatic N) is 3. The van der Waals surface area contributed by atoms with Gasteiger partial charge in [0.1, 0.15) is 5.75 Å². The molecule has 0 radical (unpaired) electrons. The number of rotatable bonds is 6. The van der Waals surface area contributed by atoms with Crippen LogP contribution in [-0.4, -0.2) is 33.2 Å². The highest BCUT2D eigenvalue weighted by Gasteiger charge is 2.37. The summed E-state index contributed by atoms with van der Waals surface area (Å²) in [5.74, 6) is -2.56. The second-order valence-corrected chi connectivity index (χ2v) is 5.68. The van der Waals surface area contributed by atoms with E-state index >= 15 is 0 Å². The average Bonchev–Trinajstić information content (AvgIpc) is 3.31. The standard InChI is InChI=1S/C17H14F3N5O4/c1-25-16(23-15(24-25)17(18,19)20)22-13(26)9-29-11-5-2-4-10(8-11)21-14(27)12-6-3-7-28-12/h2-8H,9H2,1H3,(H,21,27)(H,22,23,24,26). The summed E-state index contributed by atoms with van der Waals surface area (Å²) in [5.41, 5.74) is 0.396. The number of aromatic nitrogens is 3. The highest BCUT2D eigenvalue weighted by molar-refractivity contribution is 6.02. The number of carbonyl (C=O) groups excluding carboxylic acids is 2. The number of ether oxygens (including phenoxy) is 1. The first kappa shape index (κ1) is 19.9. The van der Waals surface area contributed by atoms with Gasteiger partial charge in [0.15, 0.2) is 12.4 Å². The highest BCUT2D eigenvalue weighted by atomic mass is 19.4. The minimum Gasteiger partial charge on any atom is -0.484 e. The van der Waals surface area contributed by atoms with Crippen LogP contribution in [0.1, 0.15) is 16.4 Å². The number of amides is 2. The number of aryl methyl sites for hydroxylation is 1. The SMILES string of the molecule is Cn1nc(C(F)(F)F)nc1NC(=O)COc1cccc(NC(=O)c2ccco2)c1. The summed E-state index contributed by atoms with van der Waals surface area (Å²) in [6, 6.07) is 9.27. The molecule has 0 saturated carbocycles. The summed E-state index contributed by atoms with van der Waals surface area (Å²) in [5, 5.41) is 7.97. The molecule has 9 nitrogen and oxygen atoms in total. The van der Waals surface area contributed by atoms with Gasteiger partial charge < -0.3 is 14.5 Å². The Morgan fingerprint density at radius 3 is 2.66 bits per heavy atom. The topological polar surface area (TPSA) is 111 Å². The number of anilines is 2. The maximum Gasteiger partial charge on any atom is 0.453 e. The number of nitrogens with one attached hydrogen (secondary N) is 2. The predicted molar refractivity (Wildman–Crippen MR) is 93.2 cm³/mol. The van der Waals surface area contributed by atoms with Crippen LogP contribution in [0.4, 0.5) is 24.8 Å². The van der Waals surface area contributed by atoms with Crippen LogP contribution in [0.2, 0.25) is 0 Å². The van der Waals surface area contributed by atoms with Crippen molar-refractivity contribution >= 4 is 23.5 Å². The molecule has 0 atom stereocenters. The Labute approximate surface area is 161 Å². The Hall–Kier alpha value is -3.83. The van der Waals surface area contributed by atoms with Gasteiger partial charge in [-0.3, -0.25) is 14.9 Å². The van der Waals surface area contributed by atoms with E-state index in [1.807, 2.05) is 0 Å². The van der Waals surface area contributed by atoms with Crippen molar-refractivity contribution < 1.29 is 31.9 Å². The van der Waals surface area contributed by atoms with Crippen molar-refractivity contribution in [3.8, 4) is 5.75 Å². The fraction of sp³-hybridized carbons (Fsp3) is 0.176. The van der Waals surface area contributed by atoms with Crippen molar-refractivity contribution in [1.82, 2.24) is 14.8 Å². The Balaban J connectivity index is 1.57. The Kier molecular flexibility index (Phi) is 5.52. The second-order valence-electron chi connectivity index (χ2n) is 5.68. The van der Waals surface area contributed by atoms with Crippen molar-refractivity contribution in [1.29, 1.82) is 0 Å². The lowest BCUT2D eigenvalue weighted by Gasteiger charge is -2.09. The molecule has 2 aromatic heterocycles. The number of halogens is 3. The first-order valence-electron chi connectivity index (χ1n) is 8.08. The van der Waals surface area contributed by atoms with E-state index in [1.54, 1.807) is 24.3 Å². The Morgan fingerprint density at radius 2 is 2.00 bits per heavy atom. The van der Waals surface area contributed by atoms with Gasteiger partial charge in [-0.15, -0.1) is 5.10 Å². The number of benzene rings is 1. The minimum absolute atomic E-state index is 0.123. The van der Waals surface area contributed by atoms with Crippen molar-refractivity contribution in [2.24, 2.45) is 7.05 Å². The third-order valence-electron chi connectivity index (χ3n) is 3.47. The molecule has 152 valence electrons. The summed E-state index contributed by atoms with van der Waals surface area (Å²) >= 11 is 0. The zero-order chi connectivity index (χ0) is 21.0. The number of alkyl halides is 3. The summed E-state index contributed by atoms with van der Waals surface area (Å²) in [4.78, 5) is 27.1. The van der Waals surface area contributed by atoms with Gasteiger partial charge in [0, 0.05) is 18.8 Å². The molecule has 12 heteroatoms. The molecule has 2 heterocycles. The zero-order valence-electron chi connectivity index (χ0n) is 14.9. The van der Waals surface area contributed by atoms with E-state index in [2.05, 4.69) is 20.7 Å². The third-order valence-corrected chi connectivity index (χ3v) is 3.47. The maximum absolute atomic E-state index is 12.6. The molecule has 0 fully saturated rings. The van der Waals surface area contributed by atoms with Crippen molar-refractivity contribution in [2.75, 3.05) is 17.2 Å². The summed E-state index contributed by atoms with van der Waals surface area (Å²) in [6.45, 7) is -0.496. The van der Waals surface area contributed by atoms with Crippen LogP contribution in [-0.2, 0) is 18.0 Å². The Bertz CT molecular complexity index is 1010. The first-order chi connectivity index (χ1) is 13.7. The smallest absolute Gasteiger partial charge is 0.453 e. The summed E-state index contributed by atoms with van der Waals surface area (Å²) in [6.07, 6.45) is -3.36. The monoisotopic (exact) mass is 409 g/mol.